The van der Waals surface area contributed by atoms with Crippen molar-refractivity contribution in [1.82, 2.24) is 4.90 Å². The van der Waals surface area contributed by atoms with E-state index in [0.717, 1.165) is 4.90 Å². The lowest BCUT2D eigenvalue weighted by molar-refractivity contribution is -0.108. The minimum atomic E-state index is -2.78. The number of hydrogen-bond acceptors (Lipinski definition) is 3. The van der Waals surface area contributed by atoms with Crippen LogP contribution in [0.15, 0.2) is 30.3 Å². The topological polar surface area (TPSA) is 60.8 Å². The number of nitrogens with zero attached hydrogens (tertiary/aromatic N) is 1. The van der Waals surface area contributed by atoms with Crippen molar-refractivity contribution < 1.29 is 23.8 Å². The maximum atomic E-state index is 12.8. The van der Waals surface area contributed by atoms with Crippen molar-refractivity contribution in [2.75, 3.05) is 13.1 Å². The van der Waals surface area contributed by atoms with Crippen LogP contribution in [0, 0.1) is 5.92 Å². The SMILES string of the molecule is O=C(c1ccccc1)N1CC(O)[C@H](O)[C@@H](C(F)F)C1. The highest BCUT2D eigenvalue weighted by Gasteiger charge is 2.41. The lowest BCUT2D eigenvalue weighted by Crippen LogP contribution is -2.56. The summed E-state index contributed by atoms with van der Waals surface area (Å²) in [6, 6.07) is 8.25. The number of aliphatic hydroxyl groups excluding tert-OH is 2. The number of carbonyl (C=O) groups excluding carboxylic acids is 1. The Morgan fingerprint density at radius 3 is 2.42 bits per heavy atom. The first-order chi connectivity index (χ1) is 9.00. The highest BCUT2D eigenvalue weighted by molar-refractivity contribution is 5.94. The molecule has 0 bridgehead atoms. The van der Waals surface area contributed by atoms with Gasteiger partial charge in [-0.2, -0.15) is 0 Å². The number of β-amino-alcohol motifs (C(OH)–C–C–N with tert-alkyl or cyclic N) is 1. The Labute approximate surface area is 109 Å². The molecule has 19 heavy (non-hydrogen) atoms. The summed E-state index contributed by atoms with van der Waals surface area (Å²) in [5, 5.41) is 19.1. The molecule has 1 aliphatic heterocycles. The summed E-state index contributed by atoms with van der Waals surface area (Å²) in [6.07, 6.45) is -5.63. The molecule has 2 N–H and O–H groups in total. The van der Waals surface area contributed by atoms with Crippen molar-refractivity contribution in [3.8, 4) is 0 Å². The molecule has 104 valence electrons. The minimum Gasteiger partial charge on any atom is -0.390 e. The van der Waals surface area contributed by atoms with E-state index in [1.807, 2.05) is 0 Å². The third-order valence-electron chi connectivity index (χ3n) is 3.30. The molecule has 1 amide bonds. The standard InChI is InChI=1S/C13H15F2NO3/c14-12(15)9-6-16(7-10(17)11(9)18)13(19)8-4-2-1-3-5-8/h1-5,9-12,17-18H,6-7H2/t9-,10?,11+/m0/s1. The number of rotatable bonds is 2. The first-order valence-electron chi connectivity index (χ1n) is 5.99. The van der Waals surface area contributed by atoms with Gasteiger partial charge >= 0.3 is 0 Å². The number of halogens is 2. The van der Waals surface area contributed by atoms with Crippen LogP contribution in [0.5, 0.6) is 0 Å². The van der Waals surface area contributed by atoms with Crippen LogP contribution in [0.2, 0.25) is 0 Å². The maximum absolute atomic E-state index is 12.8. The van der Waals surface area contributed by atoms with Crippen molar-refractivity contribution in [3.63, 3.8) is 0 Å². The lowest BCUT2D eigenvalue weighted by Gasteiger charge is -2.38. The van der Waals surface area contributed by atoms with Crippen molar-refractivity contribution in [3.05, 3.63) is 35.9 Å². The molecule has 0 radical (unpaired) electrons. The summed E-state index contributed by atoms with van der Waals surface area (Å²) in [4.78, 5) is 13.3. The van der Waals surface area contributed by atoms with Crippen LogP contribution in [-0.4, -0.2) is 52.7 Å². The predicted octanol–water partition coefficient (Wildman–Crippen LogP) is 0.745. The fourth-order valence-electron chi connectivity index (χ4n) is 2.21. The summed E-state index contributed by atoms with van der Waals surface area (Å²) < 4.78 is 25.5. The Morgan fingerprint density at radius 1 is 1.21 bits per heavy atom. The Morgan fingerprint density at radius 2 is 1.84 bits per heavy atom. The largest absolute Gasteiger partial charge is 0.390 e. The summed E-state index contributed by atoms with van der Waals surface area (Å²) in [5.74, 6) is -1.84. The van der Waals surface area contributed by atoms with E-state index in [9.17, 15) is 23.8 Å². The third-order valence-corrected chi connectivity index (χ3v) is 3.30. The van der Waals surface area contributed by atoms with Crippen molar-refractivity contribution in [2.45, 2.75) is 18.6 Å². The number of piperidine rings is 1. The van der Waals surface area contributed by atoms with Crippen LogP contribution in [0.3, 0.4) is 0 Å². The molecule has 1 aliphatic rings. The number of aliphatic hydroxyl groups is 2. The second-order valence-corrected chi connectivity index (χ2v) is 4.63. The number of amides is 1. The van der Waals surface area contributed by atoms with E-state index in [1.54, 1.807) is 30.3 Å². The average molecular weight is 271 g/mol. The van der Waals surface area contributed by atoms with E-state index in [-0.39, 0.29) is 13.1 Å². The van der Waals surface area contributed by atoms with Crippen LogP contribution in [0.1, 0.15) is 10.4 Å². The Kier molecular flexibility index (Phi) is 4.11. The molecular formula is C13H15F2NO3. The first-order valence-corrected chi connectivity index (χ1v) is 5.99. The zero-order valence-electron chi connectivity index (χ0n) is 10.1. The molecule has 0 aliphatic carbocycles. The van der Waals surface area contributed by atoms with Crippen LogP contribution in [0.4, 0.5) is 8.78 Å². The smallest absolute Gasteiger partial charge is 0.253 e. The van der Waals surface area contributed by atoms with E-state index in [2.05, 4.69) is 0 Å². The van der Waals surface area contributed by atoms with E-state index >= 15 is 0 Å². The second kappa shape index (κ2) is 5.63. The highest BCUT2D eigenvalue weighted by atomic mass is 19.3. The molecule has 1 unspecified atom stereocenters. The fraction of sp³-hybridized carbons (Fsp3) is 0.462. The van der Waals surface area contributed by atoms with Gasteiger partial charge in [0.05, 0.1) is 18.1 Å². The van der Waals surface area contributed by atoms with Gasteiger partial charge in [0.1, 0.15) is 0 Å². The Balaban J connectivity index is 2.15. The first kappa shape index (κ1) is 13.9. The molecular weight excluding hydrogens is 256 g/mol. The number of alkyl halides is 2. The van der Waals surface area contributed by atoms with Crippen LogP contribution < -0.4 is 0 Å². The molecule has 1 aromatic rings. The van der Waals surface area contributed by atoms with Crippen LogP contribution in [0.25, 0.3) is 0 Å². The predicted molar refractivity (Wildman–Crippen MR) is 63.9 cm³/mol. The van der Waals surface area contributed by atoms with Crippen molar-refractivity contribution in [1.29, 1.82) is 0 Å². The molecule has 3 atom stereocenters. The summed E-state index contributed by atoms with van der Waals surface area (Å²) in [5.41, 5.74) is 0.374. The number of carbonyl (C=O) groups is 1. The van der Waals surface area contributed by atoms with Gasteiger partial charge in [-0.15, -0.1) is 0 Å². The van der Waals surface area contributed by atoms with Gasteiger partial charge in [-0.1, -0.05) is 18.2 Å². The van der Waals surface area contributed by atoms with E-state index in [0.29, 0.717) is 5.56 Å². The molecule has 1 heterocycles. The normalized spacial score (nSPS) is 27.6. The zero-order valence-corrected chi connectivity index (χ0v) is 10.1. The molecule has 4 nitrogen and oxygen atoms in total. The van der Waals surface area contributed by atoms with Gasteiger partial charge in [0.2, 0.25) is 6.43 Å². The van der Waals surface area contributed by atoms with E-state index in [1.165, 1.54) is 0 Å². The highest BCUT2D eigenvalue weighted by Crippen LogP contribution is 2.24. The average Bonchev–Trinajstić information content (AvgIpc) is 2.41. The van der Waals surface area contributed by atoms with Gasteiger partial charge in [-0.25, -0.2) is 8.78 Å². The number of hydrogen-bond donors (Lipinski definition) is 2. The molecule has 0 aromatic heterocycles. The van der Waals surface area contributed by atoms with Gasteiger partial charge in [-0.05, 0) is 12.1 Å². The summed E-state index contributed by atoms with van der Waals surface area (Å²) in [7, 11) is 0. The number of likely N-dealkylation sites (tertiary alicyclic amines) is 1. The molecule has 1 aromatic carbocycles. The fourth-order valence-corrected chi connectivity index (χ4v) is 2.21. The molecule has 0 spiro atoms. The summed E-state index contributed by atoms with van der Waals surface area (Å²) >= 11 is 0. The van der Waals surface area contributed by atoms with Gasteiger partial charge in [0.25, 0.3) is 5.91 Å². The molecule has 1 saturated heterocycles. The van der Waals surface area contributed by atoms with Crippen LogP contribution >= 0.6 is 0 Å². The third kappa shape index (κ3) is 2.90. The van der Waals surface area contributed by atoms with Crippen molar-refractivity contribution in [2.24, 2.45) is 5.92 Å². The van der Waals surface area contributed by atoms with Crippen LogP contribution in [-0.2, 0) is 0 Å². The van der Waals surface area contributed by atoms with Gasteiger partial charge in [0, 0.05) is 18.7 Å². The summed E-state index contributed by atoms with van der Waals surface area (Å²) in [6.45, 7) is -0.401. The maximum Gasteiger partial charge on any atom is 0.253 e. The minimum absolute atomic E-state index is 0.141. The molecule has 6 heteroatoms. The zero-order chi connectivity index (χ0) is 14.0. The van der Waals surface area contributed by atoms with Gasteiger partial charge in [-0.3, -0.25) is 4.79 Å². The molecule has 0 saturated carbocycles. The van der Waals surface area contributed by atoms with Gasteiger partial charge < -0.3 is 15.1 Å². The lowest BCUT2D eigenvalue weighted by atomic mass is 9.92. The quantitative estimate of drug-likeness (QED) is 0.834. The van der Waals surface area contributed by atoms with E-state index in [4.69, 9.17) is 0 Å². The second-order valence-electron chi connectivity index (χ2n) is 4.63. The van der Waals surface area contributed by atoms with Crippen molar-refractivity contribution >= 4 is 5.91 Å². The number of benzene rings is 1. The molecule has 2 rings (SSSR count). The Bertz CT molecular complexity index is 441. The van der Waals surface area contributed by atoms with Gasteiger partial charge in [0.15, 0.2) is 0 Å². The monoisotopic (exact) mass is 271 g/mol. The van der Waals surface area contributed by atoms with E-state index < -0.39 is 30.5 Å². The Hall–Kier alpha value is -1.53. The molecule has 1 fully saturated rings.